The summed E-state index contributed by atoms with van der Waals surface area (Å²) in [6, 6.07) is 18.4. The highest BCUT2D eigenvalue weighted by atomic mass is 32.1. The molecule has 0 spiro atoms. The lowest BCUT2D eigenvalue weighted by atomic mass is 9.94. The number of ether oxygens (including phenoxy) is 1. The lowest BCUT2D eigenvalue weighted by Crippen LogP contribution is -2.34. The Morgan fingerprint density at radius 2 is 1.64 bits per heavy atom. The third-order valence-corrected chi connectivity index (χ3v) is 8.43. The number of carbonyl (C=O) groups is 1. The maximum atomic E-state index is 13.2. The molecule has 1 unspecified atom stereocenters. The van der Waals surface area contributed by atoms with Crippen LogP contribution in [0.3, 0.4) is 0 Å². The second-order valence-corrected chi connectivity index (χ2v) is 9.71. The number of thiophene rings is 3. The third kappa shape index (κ3) is 2.14. The van der Waals surface area contributed by atoms with Gasteiger partial charge in [0.15, 0.2) is 11.8 Å². The van der Waals surface area contributed by atoms with Crippen molar-refractivity contribution in [2.75, 3.05) is 0 Å². The maximum absolute atomic E-state index is 13.2. The van der Waals surface area contributed by atoms with Crippen molar-refractivity contribution < 1.29 is 9.53 Å². The second-order valence-electron chi connectivity index (χ2n) is 6.90. The van der Waals surface area contributed by atoms with Crippen molar-refractivity contribution in [3.05, 3.63) is 102 Å². The first kappa shape index (κ1) is 16.7. The van der Waals surface area contributed by atoms with E-state index in [0.29, 0.717) is 6.54 Å². The van der Waals surface area contributed by atoms with Crippen LogP contribution in [0.25, 0.3) is 0 Å². The Balaban J connectivity index is 1.65. The summed E-state index contributed by atoms with van der Waals surface area (Å²) in [6.45, 7) is 0.565. The zero-order valence-corrected chi connectivity index (χ0v) is 17.2. The van der Waals surface area contributed by atoms with Gasteiger partial charge in [-0.2, -0.15) is 0 Å². The zero-order chi connectivity index (χ0) is 18.7. The van der Waals surface area contributed by atoms with Crippen LogP contribution in [-0.4, -0.2) is 10.8 Å². The Morgan fingerprint density at radius 1 is 0.893 bits per heavy atom. The number of fused-ring (bicyclic) bond motifs is 4. The Labute approximate surface area is 174 Å². The summed E-state index contributed by atoms with van der Waals surface area (Å²) in [4.78, 5) is 18.5. The Hall–Kier alpha value is -2.25. The van der Waals surface area contributed by atoms with E-state index < -0.39 is 11.8 Å². The zero-order valence-electron chi connectivity index (χ0n) is 14.7. The van der Waals surface area contributed by atoms with Crippen molar-refractivity contribution in [3.63, 3.8) is 0 Å². The molecule has 0 radical (unpaired) electrons. The molecule has 28 heavy (non-hydrogen) atoms. The van der Waals surface area contributed by atoms with E-state index >= 15 is 0 Å². The first-order chi connectivity index (χ1) is 13.8. The van der Waals surface area contributed by atoms with Gasteiger partial charge in [-0.05, 0) is 46.0 Å². The smallest absolute Gasteiger partial charge is 0.256 e. The van der Waals surface area contributed by atoms with Crippen LogP contribution in [0.4, 0.5) is 0 Å². The van der Waals surface area contributed by atoms with Crippen LogP contribution in [0.1, 0.15) is 42.3 Å². The third-order valence-electron chi connectivity index (χ3n) is 5.43. The van der Waals surface area contributed by atoms with Crippen molar-refractivity contribution in [1.82, 2.24) is 4.90 Å². The molecule has 0 fully saturated rings. The predicted molar refractivity (Wildman–Crippen MR) is 113 cm³/mol. The molecule has 138 valence electrons. The van der Waals surface area contributed by atoms with Gasteiger partial charge in [0, 0.05) is 20.9 Å². The molecule has 0 bridgehead atoms. The molecule has 1 aromatic carbocycles. The van der Waals surface area contributed by atoms with Gasteiger partial charge in [0.1, 0.15) is 0 Å². The molecule has 5 heterocycles. The largest absolute Gasteiger partial charge is 0.331 e. The molecular formula is C22H15NO2S3. The monoisotopic (exact) mass is 421 g/mol. The summed E-state index contributed by atoms with van der Waals surface area (Å²) >= 11 is 5.12. The number of hydrogen-bond donors (Lipinski definition) is 0. The van der Waals surface area contributed by atoms with Crippen LogP contribution in [0.2, 0.25) is 0 Å². The van der Waals surface area contributed by atoms with Crippen LogP contribution in [0.15, 0.2) is 70.7 Å². The fourth-order valence-corrected chi connectivity index (χ4v) is 7.26. The van der Waals surface area contributed by atoms with E-state index in [9.17, 15) is 4.79 Å². The lowest BCUT2D eigenvalue weighted by molar-refractivity contribution is -0.0992. The molecular weight excluding hydrogens is 406 g/mol. The first-order valence-corrected chi connectivity index (χ1v) is 11.7. The van der Waals surface area contributed by atoms with E-state index in [4.69, 9.17) is 4.74 Å². The van der Waals surface area contributed by atoms with Crippen LogP contribution in [0.5, 0.6) is 0 Å². The molecule has 1 amide bonds. The van der Waals surface area contributed by atoms with E-state index in [1.54, 1.807) is 34.0 Å². The number of amides is 1. The van der Waals surface area contributed by atoms with E-state index in [0.717, 1.165) is 26.4 Å². The average Bonchev–Trinajstić information content (AvgIpc) is 3.51. The van der Waals surface area contributed by atoms with Crippen LogP contribution in [-0.2, 0) is 16.9 Å². The second kappa shape index (κ2) is 6.12. The van der Waals surface area contributed by atoms with E-state index in [-0.39, 0.29) is 5.91 Å². The summed E-state index contributed by atoms with van der Waals surface area (Å²) in [7, 11) is 0. The van der Waals surface area contributed by atoms with Gasteiger partial charge in [0.05, 0.1) is 11.4 Å². The van der Waals surface area contributed by atoms with Gasteiger partial charge in [-0.25, -0.2) is 0 Å². The van der Waals surface area contributed by atoms with Crippen molar-refractivity contribution in [2.45, 2.75) is 18.4 Å². The van der Waals surface area contributed by atoms with Gasteiger partial charge in [-0.15, -0.1) is 34.0 Å². The highest BCUT2D eigenvalue weighted by Crippen LogP contribution is 2.54. The molecule has 3 aromatic heterocycles. The molecule has 4 aromatic rings. The van der Waals surface area contributed by atoms with Crippen molar-refractivity contribution in [2.24, 2.45) is 0 Å². The van der Waals surface area contributed by atoms with Gasteiger partial charge >= 0.3 is 0 Å². The molecule has 1 atom stereocenters. The fraction of sp³-hybridized carbons (Fsp3) is 0.136. The van der Waals surface area contributed by atoms with Crippen molar-refractivity contribution >= 4 is 39.9 Å². The average molecular weight is 422 g/mol. The minimum absolute atomic E-state index is 0.0471. The molecule has 6 rings (SSSR count). The molecule has 6 heteroatoms. The topological polar surface area (TPSA) is 29.5 Å². The summed E-state index contributed by atoms with van der Waals surface area (Å²) in [5.41, 5.74) is 2.18. The fourth-order valence-electron chi connectivity index (χ4n) is 4.21. The normalized spacial score (nSPS) is 19.8. The number of hydrogen-bond acceptors (Lipinski definition) is 5. The number of rotatable bonds is 2. The summed E-state index contributed by atoms with van der Waals surface area (Å²) in [5.74, 6) is 0.0471. The Bertz CT molecular complexity index is 1130. The highest BCUT2D eigenvalue weighted by molar-refractivity contribution is 7.13. The van der Waals surface area contributed by atoms with Gasteiger partial charge in [-0.3, -0.25) is 4.79 Å². The van der Waals surface area contributed by atoms with Gasteiger partial charge < -0.3 is 9.64 Å². The van der Waals surface area contributed by atoms with E-state index in [1.165, 1.54) is 4.88 Å². The van der Waals surface area contributed by atoms with Crippen molar-refractivity contribution in [1.29, 1.82) is 0 Å². The molecule has 0 saturated heterocycles. The van der Waals surface area contributed by atoms with E-state index in [1.807, 2.05) is 29.2 Å². The Kier molecular flexibility index (Phi) is 3.65. The quantitative estimate of drug-likeness (QED) is 0.406. The van der Waals surface area contributed by atoms with Crippen molar-refractivity contribution in [3.8, 4) is 0 Å². The summed E-state index contributed by atoms with van der Waals surface area (Å²) < 4.78 is 7.03. The molecule has 0 saturated carbocycles. The first-order valence-electron chi connectivity index (χ1n) is 9.01. The summed E-state index contributed by atoms with van der Waals surface area (Å²) in [5, 5.41) is 6.30. The molecule has 2 aliphatic rings. The number of carbonyl (C=O) groups excluding carboxylic acids is 1. The summed E-state index contributed by atoms with van der Waals surface area (Å²) in [6.07, 6.45) is -0.396. The standard InChI is InChI=1S/C22H15NO2S3/c24-20-15-5-1-2-6-16(15)21-23(20)13-14-9-12-28-19(14)22(25-21,17-7-3-10-26-17)18-8-4-11-27-18/h1-12,21H,13H2. The van der Waals surface area contributed by atoms with Crippen LogP contribution in [0, 0.1) is 0 Å². The highest BCUT2D eigenvalue weighted by Gasteiger charge is 2.51. The minimum atomic E-state index is -0.691. The van der Waals surface area contributed by atoms with Crippen LogP contribution < -0.4 is 0 Å². The van der Waals surface area contributed by atoms with E-state index in [2.05, 4.69) is 46.5 Å². The maximum Gasteiger partial charge on any atom is 0.256 e. The lowest BCUT2D eigenvalue weighted by Gasteiger charge is -2.34. The predicted octanol–water partition coefficient (Wildman–Crippen LogP) is 5.85. The molecule has 0 aliphatic carbocycles. The van der Waals surface area contributed by atoms with Gasteiger partial charge in [0.25, 0.3) is 5.91 Å². The van der Waals surface area contributed by atoms with Gasteiger partial charge in [0.2, 0.25) is 0 Å². The SMILES string of the molecule is O=C1c2ccccc2C2OC(c3cccs3)(c3cccs3)c3sccc3CN12. The Morgan fingerprint density at radius 3 is 2.36 bits per heavy atom. The number of nitrogens with zero attached hydrogens (tertiary/aromatic N) is 1. The van der Waals surface area contributed by atoms with Crippen LogP contribution >= 0.6 is 34.0 Å². The molecule has 2 aliphatic heterocycles. The molecule has 0 N–H and O–H groups in total. The minimum Gasteiger partial charge on any atom is -0.331 e. The number of benzene rings is 1. The molecule has 3 nitrogen and oxygen atoms in total. The van der Waals surface area contributed by atoms with Gasteiger partial charge in [-0.1, -0.05) is 30.3 Å².